The minimum Gasteiger partial charge on any atom is -0.318 e. The molecular weight excluding hydrogens is 334 g/mol. The Bertz CT molecular complexity index is 1130. The maximum absolute atomic E-state index is 13.6. The molecular formula is C16H12F2N4O3. The number of carbonyl (C=O) groups excluding carboxylic acids is 1. The number of hydrogen-bond donors (Lipinski definition) is 1. The van der Waals surface area contributed by atoms with Crippen molar-refractivity contribution in [2.75, 3.05) is 5.32 Å². The lowest BCUT2D eigenvalue weighted by molar-refractivity contribution is 0.102. The van der Waals surface area contributed by atoms with Crippen LogP contribution in [0.15, 0.2) is 39.9 Å². The number of aryl methyl sites for hydroxylation is 1. The van der Waals surface area contributed by atoms with E-state index in [9.17, 15) is 23.2 Å². The Morgan fingerprint density at radius 2 is 1.80 bits per heavy atom. The zero-order valence-corrected chi connectivity index (χ0v) is 13.2. The molecule has 0 aliphatic heterocycles. The van der Waals surface area contributed by atoms with Gasteiger partial charge < -0.3 is 5.32 Å². The number of halogens is 2. The predicted molar refractivity (Wildman–Crippen MR) is 86.5 cm³/mol. The van der Waals surface area contributed by atoms with E-state index in [1.54, 1.807) is 0 Å². The molecule has 25 heavy (non-hydrogen) atoms. The summed E-state index contributed by atoms with van der Waals surface area (Å²) < 4.78 is 28.6. The highest BCUT2D eigenvalue weighted by atomic mass is 19.1. The number of fused-ring (bicyclic) bond motifs is 1. The number of aromatic nitrogens is 3. The number of hydrogen-bond acceptors (Lipinski definition) is 4. The minimum absolute atomic E-state index is 0.0281. The Balaban J connectivity index is 2.06. The van der Waals surface area contributed by atoms with Gasteiger partial charge in [-0.05, 0) is 24.3 Å². The third kappa shape index (κ3) is 2.80. The summed E-state index contributed by atoms with van der Waals surface area (Å²) in [6.07, 6.45) is 0. The second kappa shape index (κ2) is 5.93. The van der Waals surface area contributed by atoms with Crippen molar-refractivity contribution < 1.29 is 13.6 Å². The smallest absolute Gasteiger partial charge is 0.318 e. The second-order valence-electron chi connectivity index (χ2n) is 5.35. The lowest BCUT2D eigenvalue weighted by Crippen LogP contribution is -2.37. The first-order valence-corrected chi connectivity index (χ1v) is 7.13. The van der Waals surface area contributed by atoms with Gasteiger partial charge in [0.05, 0.1) is 11.1 Å². The second-order valence-corrected chi connectivity index (χ2v) is 5.35. The van der Waals surface area contributed by atoms with Gasteiger partial charge in [0.2, 0.25) is 0 Å². The van der Waals surface area contributed by atoms with E-state index < -0.39 is 28.8 Å². The minimum atomic E-state index is -0.935. The highest BCUT2D eigenvalue weighted by molar-refractivity contribution is 6.03. The lowest BCUT2D eigenvalue weighted by Gasteiger charge is -2.09. The molecule has 0 atom stereocenters. The lowest BCUT2D eigenvalue weighted by atomic mass is 10.2. The van der Waals surface area contributed by atoms with Crippen molar-refractivity contribution in [3.63, 3.8) is 0 Å². The predicted octanol–water partition coefficient (Wildman–Crippen LogP) is 1.16. The van der Waals surface area contributed by atoms with Crippen molar-refractivity contribution in [1.82, 2.24) is 14.1 Å². The number of nitrogens with zero attached hydrogens (tertiary/aromatic N) is 3. The van der Waals surface area contributed by atoms with Crippen LogP contribution in [0.2, 0.25) is 0 Å². The summed E-state index contributed by atoms with van der Waals surface area (Å²) in [5.41, 5.74) is -1.44. The average Bonchev–Trinajstić information content (AvgIpc) is 2.60. The number of anilines is 1. The maximum Gasteiger partial charge on any atom is 0.332 e. The van der Waals surface area contributed by atoms with Crippen LogP contribution in [-0.2, 0) is 14.1 Å². The molecule has 3 rings (SSSR count). The molecule has 0 bridgehead atoms. The van der Waals surface area contributed by atoms with Crippen molar-refractivity contribution in [3.8, 4) is 0 Å². The highest BCUT2D eigenvalue weighted by Gasteiger charge is 2.15. The monoisotopic (exact) mass is 346 g/mol. The van der Waals surface area contributed by atoms with E-state index in [-0.39, 0.29) is 22.4 Å². The Morgan fingerprint density at radius 3 is 2.48 bits per heavy atom. The zero-order chi connectivity index (χ0) is 18.3. The van der Waals surface area contributed by atoms with Crippen LogP contribution in [0.4, 0.5) is 14.5 Å². The van der Waals surface area contributed by atoms with Gasteiger partial charge in [-0.2, -0.15) is 0 Å². The van der Waals surface area contributed by atoms with Gasteiger partial charge in [0.15, 0.2) is 0 Å². The van der Waals surface area contributed by atoms with Crippen LogP contribution >= 0.6 is 0 Å². The van der Waals surface area contributed by atoms with E-state index in [4.69, 9.17) is 0 Å². The van der Waals surface area contributed by atoms with E-state index >= 15 is 0 Å². The number of benzene rings is 1. The van der Waals surface area contributed by atoms with Crippen molar-refractivity contribution in [3.05, 3.63) is 68.5 Å². The molecule has 128 valence electrons. The third-order valence-corrected chi connectivity index (χ3v) is 3.71. The molecule has 3 aromatic rings. The molecule has 0 saturated heterocycles. The van der Waals surface area contributed by atoms with E-state index in [1.165, 1.54) is 26.2 Å². The molecule has 0 aliphatic carbocycles. The molecule has 0 radical (unpaired) electrons. The van der Waals surface area contributed by atoms with Gasteiger partial charge in [-0.3, -0.25) is 18.7 Å². The average molecular weight is 346 g/mol. The molecule has 0 unspecified atom stereocenters. The Kier molecular flexibility index (Phi) is 3.91. The molecule has 1 aromatic carbocycles. The topological polar surface area (TPSA) is 86.0 Å². The number of carbonyl (C=O) groups is 1. The Morgan fingerprint density at radius 1 is 1.08 bits per heavy atom. The van der Waals surface area contributed by atoms with Crippen LogP contribution in [0.3, 0.4) is 0 Å². The van der Waals surface area contributed by atoms with Crippen molar-refractivity contribution in [2.45, 2.75) is 0 Å². The maximum atomic E-state index is 13.6. The fourth-order valence-electron chi connectivity index (χ4n) is 2.36. The summed E-state index contributed by atoms with van der Waals surface area (Å²) in [4.78, 5) is 40.3. The molecule has 0 spiro atoms. The van der Waals surface area contributed by atoms with Crippen LogP contribution in [0.5, 0.6) is 0 Å². The van der Waals surface area contributed by atoms with Crippen molar-refractivity contribution in [1.29, 1.82) is 0 Å². The summed E-state index contributed by atoms with van der Waals surface area (Å²) in [6, 6.07) is 5.36. The van der Waals surface area contributed by atoms with Crippen LogP contribution in [0.25, 0.3) is 11.0 Å². The summed E-state index contributed by atoms with van der Waals surface area (Å²) >= 11 is 0. The molecule has 2 aromatic heterocycles. The van der Waals surface area contributed by atoms with Gasteiger partial charge in [-0.25, -0.2) is 18.6 Å². The van der Waals surface area contributed by atoms with Crippen molar-refractivity contribution >= 4 is 22.6 Å². The molecule has 9 heteroatoms. The van der Waals surface area contributed by atoms with Crippen molar-refractivity contribution in [2.24, 2.45) is 14.1 Å². The van der Waals surface area contributed by atoms with Gasteiger partial charge in [0.25, 0.3) is 11.5 Å². The fraction of sp³-hybridized carbons (Fsp3) is 0.125. The fourth-order valence-corrected chi connectivity index (χ4v) is 2.36. The SMILES string of the molecule is Cn1c(=O)c2ccc(C(=O)Nc3ccc(F)cc3F)nc2n(C)c1=O. The summed E-state index contributed by atoms with van der Waals surface area (Å²) in [7, 11) is 2.75. The summed E-state index contributed by atoms with van der Waals surface area (Å²) in [5, 5.41) is 2.43. The number of nitrogens with one attached hydrogen (secondary N) is 1. The first-order valence-electron chi connectivity index (χ1n) is 7.13. The van der Waals surface area contributed by atoms with Crippen LogP contribution in [-0.4, -0.2) is 20.0 Å². The normalized spacial score (nSPS) is 10.9. The number of rotatable bonds is 2. The van der Waals surface area contributed by atoms with Crippen LogP contribution < -0.4 is 16.6 Å². The third-order valence-electron chi connectivity index (χ3n) is 3.71. The van der Waals surface area contributed by atoms with Gasteiger partial charge in [-0.1, -0.05) is 0 Å². The molecule has 0 aliphatic rings. The molecule has 1 amide bonds. The summed E-state index contributed by atoms with van der Waals surface area (Å²) in [6.45, 7) is 0. The zero-order valence-electron chi connectivity index (χ0n) is 13.2. The molecule has 2 heterocycles. The Hall–Kier alpha value is -3.36. The highest BCUT2D eigenvalue weighted by Crippen LogP contribution is 2.16. The van der Waals surface area contributed by atoms with E-state index in [0.29, 0.717) is 6.07 Å². The van der Waals surface area contributed by atoms with Crippen LogP contribution in [0.1, 0.15) is 10.5 Å². The molecule has 0 saturated carbocycles. The Labute approximate surface area is 139 Å². The van der Waals surface area contributed by atoms with E-state index in [2.05, 4.69) is 10.3 Å². The molecule has 0 fully saturated rings. The van der Waals surface area contributed by atoms with Gasteiger partial charge in [-0.15, -0.1) is 0 Å². The van der Waals surface area contributed by atoms with E-state index in [0.717, 1.165) is 21.3 Å². The molecule has 7 nitrogen and oxygen atoms in total. The number of amides is 1. The van der Waals surface area contributed by atoms with Gasteiger partial charge in [0.1, 0.15) is 23.0 Å². The number of pyridine rings is 1. The first-order chi connectivity index (χ1) is 11.8. The first kappa shape index (κ1) is 16.5. The van der Waals surface area contributed by atoms with E-state index in [1.807, 2.05) is 0 Å². The quantitative estimate of drug-likeness (QED) is 0.755. The summed E-state index contributed by atoms with van der Waals surface area (Å²) in [5.74, 6) is -2.47. The van der Waals surface area contributed by atoms with Gasteiger partial charge in [0, 0.05) is 20.2 Å². The standard InChI is InChI=1S/C16H12F2N4O3/c1-21-13-9(15(24)22(2)16(21)25)4-6-12(19-13)14(23)20-11-5-3-8(17)7-10(11)18/h3-7H,1-2H3,(H,20,23). The van der Waals surface area contributed by atoms with Crippen LogP contribution in [0, 0.1) is 11.6 Å². The van der Waals surface area contributed by atoms with Gasteiger partial charge >= 0.3 is 5.69 Å². The molecule has 1 N–H and O–H groups in total. The largest absolute Gasteiger partial charge is 0.332 e.